The Kier molecular flexibility index (Phi) is 13.1. The van der Waals surface area contributed by atoms with Gasteiger partial charge in [0.15, 0.2) is 0 Å². The molecule has 0 saturated carbocycles. The predicted octanol–water partition coefficient (Wildman–Crippen LogP) is 7.64. The molecule has 3 aromatic heterocycles. The first-order valence-corrected chi connectivity index (χ1v) is 21.0. The summed E-state index contributed by atoms with van der Waals surface area (Å²) in [7, 11) is 2.57. The standard InChI is InChI=1S/C43H55N9O6S/c1-10-19-51(38(53)33(24(2)3)49-41(55)57-8)26(6)37-44-21-31(47-37)28-14-12-27(13-15-28)29-16-17-30(36-35(29)46-23-59-36)32-22-45-40(48-32)43(7)18-11-20-52(43)39(54)34(25(4)5)50-42(56)58-9/h12-17,21-26,33-34H,10-11,18-20H2,1-9H3,(H,44,47)(H,45,48)(H,49,55)(H,50,56)/t26-,33+,34+,43+/m1/s1. The molecule has 0 spiro atoms. The van der Waals surface area contributed by atoms with E-state index in [-0.39, 0.29) is 29.7 Å². The van der Waals surface area contributed by atoms with E-state index in [9.17, 15) is 19.2 Å². The van der Waals surface area contributed by atoms with Crippen LogP contribution in [0, 0.1) is 11.8 Å². The van der Waals surface area contributed by atoms with Gasteiger partial charge in [-0.25, -0.2) is 24.5 Å². The second kappa shape index (κ2) is 18.0. The topological polar surface area (TPSA) is 188 Å². The molecule has 1 aliphatic rings. The van der Waals surface area contributed by atoms with Gasteiger partial charge in [0.25, 0.3) is 0 Å². The highest BCUT2D eigenvalue weighted by molar-refractivity contribution is 7.17. The van der Waals surface area contributed by atoms with Crippen LogP contribution in [0.2, 0.25) is 0 Å². The van der Waals surface area contributed by atoms with Gasteiger partial charge in [-0.3, -0.25) is 9.59 Å². The number of alkyl carbamates (subject to hydrolysis) is 2. The van der Waals surface area contributed by atoms with E-state index >= 15 is 0 Å². The van der Waals surface area contributed by atoms with Crippen molar-refractivity contribution in [3.05, 3.63) is 66.0 Å². The maximum absolute atomic E-state index is 13.9. The number of methoxy groups -OCH3 is 2. The van der Waals surface area contributed by atoms with E-state index in [0.29, 0.717) is 24.7 Å². The van der Waals surface area contributed by atoms with Gasteiger partial charge in [-0.05, 0) is 56.1 Å². The third-order valence-electron chi connectivity index (χ3n) is 11.3. The Labute approximate surface area is 348 Å². The first-order valence-electron chi connectivity index (χ1n) is 20.1. The Hall–Kier alpha value is -5.77. The van der Waals surface area contributed by atoms with Crippen molar-refractivity contribution in [2.24, 2.45) is 11.8 Å². The number of hydrogen-bond acceptors (Lipinski definition) is 10. The van der Waals surface area contributed by atoms with E-state index in [0.717, 1.165) is 63.1 Å². The van der Waals surface area contributed by atoms with Gasteiger partial charge in [-0.15, -0.1) is 11.3 Å². The van der Waals surface area contributed by atoms with E-state index in [4.69, 9.17) is 19.4 Å². The van der Waals surface area contributed by atoms with E-state index in [1.54, 1.807) is 22.4 Å². The van der Waals surface area contributed by atoms with Gasteiger partial charge in [0.2, 0.25) is 11.8 Å². The van der Waals surface area contributed by atoms with Crippen molar-refractivity contribution < 1.29 is 28.7 Å². The molecular formula is C43H55N9O6S. The Morgan fingerprint density at radius 3 is 2.12 bits per heavy atom. The normalized spacial score (nSPS) is 16.9. The lowest BCUT2D eigenvalue weighted by atomic mass is 9.95. The molecule has 1 saturated heterocycles. The number of nitrogens with zero attached hydrogens (tertiary/aromatic N) is 5. The van der Waals surface area contributed by atoms with Gasteiger partial charge < -0.3 is 39.9 Å². The summed E-state index contributed by atoms with van der Waals surface area (Å²) in [6, 6.07) is 10.5. The van der Waals surface area contributed by atoms with Crippen LogP contribution in [0.15, 0.2) is 54.3 Å². The molecule has 59 heavy (non-hydrogen) atoms. The highest BCUT2D eigenvalue weighted by atomic mass is 32.1. The maximum Gasteiger partial charge on any atom is 0.407 e. The molecule has 5 aromatic rings. The number of ether oxygens (including phenoxy) is 2. The molecule has 1 fully saturated rings. The fraction of sp³-hybridized carbons (Fsp3) is 0.465. The van der Waals surface area contributed by atoms with E-state index < -0.39 is 29.8 Å². The first-order chi connectivity index (χ1) is 28.2. The summed E-state index contributed by atoms with van der Waals surface area (Å²) in [5.41, 5.74) is 7.55. The van der Waals surface area contributed by atoms with E-state index in [1.807, 2.05) is 77.2 Å². The van der Waals surface area contributed by atoms with Crippen molar-refractivity contribution in [2.45, 2.75) is 91.4 Å². The van der Waals surface area contributed by atoms with Crippen LogP contribution < -0.4 is 10.6 Å². The minimum atomic E-state index is -0.737. The van der Waals surface area contributed by atoms with Gasteiger partial charge in [0.1, 0.15) is 23.7 Å². The molecule has 4 N–H and O–H groups in total. The quantitative estimate of drug-likeness (QED) is 0.0873. The Balaban J connectivity index is 1.21. The lowest BCUT2D eigenvalue weighted by molar-refractivity contribution is -0.139. The van der Waals surface area contributed by atoms with Crippen LogP contribution in [0.5, 0.6) is 0 Å². The smallest absolute Gasteiger partial charge is 0.407 e. The molecule has 4 heterocycles. The van der Waals surface area contributed by atoms with Crippen LogP contribution in [-0.4, -0.2) is 98.1 Å². The first kappa shape index (κ1) is 42.8. The van der Waals surface area contributed by atoms with Crippen LogP contribution in [0.4, 0.5) is 9.59 Å². The summed E-state index contributed by atoms with van der Waals surface area (Å²) in [6.07, 6.45) is 4.58. The number of imidazole rings is 2. The summed E-state index contributed by atoms with van der Waals surface area (Å²) >= 11 is 1.56. The van der Waals surface area contributed by atoms with E-state index in [1.165, 1.54) is 14.2 Å². The average Bonchev–Trinajstić information content (AvgIpc) is 4.07. The van der Waals surface area contributed by atoms with Crippen LogP contribution in [0.25, 0.3) is 43.9 Å². The number of H-pyrrole nitrogens is 2. The molecule has 2 aromatic carbocycles. The Morgan fingerprint density at radius 1 is 0.847 bits per heavy atom. The highest BCUT2D eigenvalue weighted by Gasteiger charge is 2.46. The third kappa shape index (κ3) is 8.68. The molecule has 16 heteroatoms. The van der Waals surface area contributed by atoms with Gasteiger partial charge >= 0.3 is 12.2 Å². The second-order valence-corrected chi connectivity index (χ2v) is 16.7. The van der Waals surface area contributed by atoms with Crippen molar-refractivity contribution in [1.29, 1.82) is 0 Å². The fourth-order valence-electron chi connectivity index (χ4n) is 7.84. The number of rotatable bonds is 14. The van der Waals surface area contributed by atoms with Gasteiger partial charge in [0, 0.05) is 24.2 Å². The number of amides is 4. The molecule has 6 rings (SSSR count). The zero-order valence-corrected chi connectivity index (χ0v) is 36.0. The highest BCUT2D eigenvalue weighted by Crippen LogP contribution is 2.41. The minimum Gasteiger partial charge on any atom is -0.453 e. The molecule has 0 bridgehead atoms. The number of hydrogen-bond donors (Lipinski definition) is 4. The molecule has 4 amide bonds. The number of benzene rings is 2. The Morgan fingerprint density at radius 2 is 1.47 bits per heavy atom. The average molecular weight is 826 g/mol. The van der Waals surface area contributed by atoms with Crippen molar-refractivity contribution >= 4 is 45.6 Å². The summed E-state index contributed by atoms with van der Waals surface area (Å²) in [6.45, 7) is 14.6. The number of fused-ring (bicyclic) bond motifs is 1. The summed E-state index contributed by atoms with van der Waals surface area (Å²) < 4.78 is 10.6. The van der Waals surface area contributed by atoms with Crippen LogP contribution in [0.1, 0.15) is 85.4 Å². The monoisotopic (exact) mass is 825 g/mol. The van der Waals surface area contributed by atoms with Crippen LogP contribution >= 0.6 is 11.3 Å². The van der Waals surface area contributed by atoms with Crippen molar-refractivity contribution in [1.82, 2.24) is 45.4 Å². The van der Waals surface area contributed by atoms with Crippen molar-refractivity contribution in [2.75, 3.05) is 27.3 Å². The SMILES string of the molecule is CCCN(C(=O)[C@@H](NC(=O)OC)C(C)C)[C@H](C)c1ncc(-c2ccc(-c3ccc(-c4cnc([C@]5(C)CCCN5C(=O)[C@@H](NC(=O)OC)C(C)C)[nH]4)c4scnc34)cc2)[nH]1. The lowest BCUT2D eigenvalue weighted by Gasteiger charge is -2.37. The minimum absolute atomic E-state index is 0.136. The zero-order valence-electron chi connectivity index (χ0n) is 35.2. The van der Waals surface area contributed by atoms with E-state index in [2.05, 4.69) is 49.9 Å². The molecule has 0 unspecified atom stereocenters. The number of thiazole rings is 1. The Bertz CT molecular complexity index is 2280. The zero-order chi connectivity index (χ0) is 42.6. The summed E-state index contributed by atoms with van der Waals surface area (Å²) in [5.74, 6) is 0.697. The number of likely N-dealkylation sites (tertiary alicyclic amines) is 1. The van der Waals surface area contributed by atoms with Gasteiger partial charge in [-0.1, -0.05) is 71.0 Å². The molecule has 314 valence electrons. The molecular weight excluding hydrogens is 771 g/mol. The van der Waals surface area contributed by atoms with Crippen LogP contribution in [-0.2, 0) is 24.6 Å². The van der Waals surface area contributed by atoms with Crippen molar-refractivity contribution in [3.8, 4) is 33.6 Å². The lowest BCUT2D eigenvalue weighted by Crippen LogP contribution is -2.55. The molecule has 1 aliphatic heterocycles. The fourth-order valence-corrected chi connectivity index (χ4v) is 8.69. The predicted molar refractivity (Wildman–Crippen MR) is 227 cm³/mol. The molecule has 15 nitrogen and oxygen atoms in total. The molecule has 0 radical (unpaired) electrons. The van der Waals surface area contributed by atoms with Crippen LogP contribution in [0.3, 0.4) is 0 Å². The number of carbonyl (C=O) groups is 4. The maximum atomic E-state index is 13.9. The van der Waals surface area contributed by atoms with Gasteiger partial charge in [-0.2, -0.15) is 0 Å². The number of aromatic amines is 2. The molecule has 0 aliphatic carbocycles. The summed E-state index contributed by atoms with van der Waals surface area (Å²) in [5, 5.41) is 5.41. The number of carbonyl (C=O) groups excluding carboxylic acids is 4. The second-order valence-electron chi connectivity index (χ2n) is 15.9. The molecule has 4 atom stereocenters. The number of aromatic nitrogens is 5. The summed E-state index contributed by atoms with van der Waals surface area (Å²) in [4.78, 5) is 76.5. The number of nitrogens with one attached hydrogen (secondary N) is 4. The van der Waals surface area contributed by atoms with Gasteiger partial charge in [0.05, 0.1) is 65.3 Å². The largest absolute Gasteiger partial charge is 0.453 e. The third-order valence-corrected chi connectivity index (χ3v) is 12.1. The van der Waals surface area contributed by atoms with Crippen molar-refractivity contribution in [3.63, 3.8) is 0 Å².